The molecule has 2 rings (SSSR count). The van der Waals surface area contributed by atoms with Crippen LogP contribution < -0.4 is 4.74 Å². The average Bonchev–Trinajstić information content (AvgIpc) is 2.84. The van der Waals surface area contributed by atoms with E-state index in [-0.39, 0.29) is 0 Å². The molecule has 1 aromatic carbocycles. The molecule has 0 N–H and O–H groups in total. The summed E-state index contributed by atoms with van der Waals surface area (Å²) in [6.07, 6.45) is 0.799. The van der Waals surface area contributed by atoms with Crippen molar-refractivity contribution >= 4 is 11.8 Å². The van der Waals surface area contributed by atoms with E-state index in [1.165, 1.54) is 0 Å². The maximum absolute atomic E-state index is 5.16. The number of hydrogen-bond acceptors (Lipinski definition) is 5. The zero-order valence-electron chi connectivity index (χ0n) is 9.84. The molecule has 0 spiro atoms. The SMILES string of the molecule is CCc1noc(CSc2cccc(OC)c2)n1. The molecule has 0 saturated carbocycles. The third kappa shape index (κ3) is 3.23. The number of hydrogen-bond donors (Lipinski definition) is 0. The second kappa shape index (κ2) is 5.72. The first-order valence-electron chi connectivity index (χ1n) is 5.40. The average molecular weight is 250 g/mol. The van der Waals surface area contributed by atoms with Gasteiger partial charge in [-0.15, -0.1) is 11.8 Å². The molecule has 0 radical (unpaired) electrons. The minimum atomic E-state index is 0.662. The van der Waals surface area contributed by atoms with Gasteiger partial charge in [0.15, 0.2) is 5.82 Å². The molecule has 2 aromatic rings. The number of rotatable bonds is 5. The summed E-state index contributed by atoms with van der Waals surface area (Å²) >= 11 is 1.65. The number of methoxy groups -OCH3 is 1. The van der Waals surface area contributed by atoms with Gasteiger partial charge in [0.1, 0.15) is 5.75 Å². The van der Waals surface area contributed by atoms with E-state index in [0.717, 1.165) is 22.9 Å². The molecule has 1 aromatic heterocycles. The van der Waals surface area contributed by atoms with Crippen molar-refractivity contribution in [3.63, 3.8) is 0 Å². The number of nitrogens with zero attached hydrogens (tertiary/aromatic N) is 2. The number of benzene rings is 1. The summed E-state index contributed by atoms with van der Waals surface area (Å²) in [6, 6.07) is 7.91. The van der Waals surface area contributed by atoms with E-state index in [4.69, 9.17) is 9.26 Å². The molecule has 0 saturated heterocycles. The quantitative estimate of drug-likeness (QED) is 0.763. The lowest BCUT2D eigenvalue weighted by molar-refractivity contribution is 0.385. The molecule has 0 bridgehead atoms. The van der Waals surface area contributed by atoms with Gasteiger partial charge >= 0.3 is 0 Å². The summed E-state index contributed by atoms with van der Waals surface area (Å²) in [5, 5.41) is 3.86. The van der Waals surface area contributed by atoms with Gasteiger partial charge in [-0.3, -0.25) is 0 Å². The van der Waals surface area contributed by atoms with Crippen molar-refractivity contribution in [1.29, 1.82) is 0 Å². The van der Waals surface area contributed by atoms with Crippen LogP contribution in [0.2, 0.25) is 0 Å². The van der Waals surface area contributed by atoms with Gasteiger partial charge in [-0.1, -0.05) is 18.1 Å². The van der Waals surface area contributed by atoms with Crippen LogP contribution in [-0.4, -0.2) is 17.3 Å². The molecule has 4 nitrogen and oxygen atoms in total. The highest BCUT2D eigenvalue weighted by molar-refractivity contribution is 7.98. The van der Waals surface area contributed by atoms with E-state index in [1.54, 1.807) is 18.9 Å². The Labute approximate surface area is 104 Å². The number of aromatic nitrogens is 2. The minimum absolute atomic E-state index is 0.662. The van der Waals surface area contributed by atoms with Crippen molar-refractivity contribution < 1.29 is 9.26 Å². The number of aryl methyl sites for hydroxylation is 1. The third-order valence-electron chi connectivity index (χ3n) is 2.23. The van der Waals surface area contributed by atoms with E-state index in [0.29, 0.717) is 11.6 Å². The Balaban J connectivity index is 1.96. The maximum Gasteiger partial charge on any atom is 0.237 e. The number of ether oxygens (including phenoxy) is 1. The van der Waals surface area contributed by atoms with Crippen LogP contribution in [0.25, 0.3) is 0 Å². The van der Waals surface area contributed by atoms with Crippen LogP contribution in [0.3, 0.4) is 0 Å². The Morgan fingerprint density at radius 2 is 2.29 bits per heavy atom. The molecule has 0 aliphatic carbocycles. The van der Waals surface area contributed by atoms with E-state index < -0.39 is 0 Å². The van der Waals surface area contributed by atoms with Crippen molar-refractivity contribution in [2.75, 3.05) is 7.11 Å². The molecule has 0 unspecified atom stereocenters. The molecule has 0 amide bonds. The van der Waals surface area contributed by atoms with E-state index >= 15 is 0 Å². The van der Waals surface area contributed by atoms with Gasteiger partial charge in [0.2, 0.25) is 5.89 Å². The lowest BCUT2D eigenvalue weighted by atomic mass is 10.3. The lowest BCUT2D eigenvalue weighted by Gasteiger charge is -2.02. The first-order valence-corrected chi connectivity index (χ1v) is 6.38. The Morgan fingerprint density at radius 3 is 3.00 bits per heavy atom. The first kappa shape index (κ1) is 12.0. The van der Waals surface area contributed by atoms with Gasteiger partial charge in [0.25, 0.3) is 0 Å². The van der Waals surface area contributed by atoms with Crippen LogP contribution >= 0.6 is 11.8 Å². The van der Waals surface area contributed by atoms with Gasteiger partial charge in [-0.25, -0.2) is 0 Å². The van der Waals surface area contributed by atoms with Gasteiger partial charge < -0.3 is 9.26 Å². The largest absolute Gasteiger partial charge is 0.497 e. The van der Waals surface area contributed by atoms with Gasteiger partial charge in [-0.2, -0.15) is 4.98 Å². The van der Waals surface area contributed by atoms with Crippen LogP contribution in [0.15, 0.2) is 33.7 Å². The van der Waals surface area contributed by atoms with Crippen LogP contribution in [0.4, 0.5) is 0 Å². The summed E-state index contributed by atoms with van der Waals surface area (Å²) in [4.78, 5) is 5.38. The van der Waals surface area contributed by atoms with E-state index in [9.17, 15) is 0 Å². The Bertz CT molecular complexity index is 485. The molecule has 0 aliphatic heterocycles. The fraction of sp³-hybridized carbons (Fsp3) is 0.333. The highest BCUT2D eigenvalue weighted by atomic mass is 32.2. The number of thioether (sulfide) groups is 1. The van der Waals surface area contributed by atoms with Gasteiger partial charge in [0.05, 0.1) is 12.9 Å². The van der Waals surface area contributed by atoms with Crippen molar-refractivity contribution in [2.24, 2.45) is 0 Å². The molecule has 0 atom stereocenters. The predicted molar refractivity (Wildman–Crippen MR) is 66.2 cm³/mol. The Hall–Kier alpha value is -1.49. The second-order valence-electron chi connectivity index (χ2n) is 3.43. The van der Waals surface area contributed by atoms with Crippen LogP contribution in [0, 0.1) is 0 Å². The molecule has 17 heavy (non-hydrogen) atoms. The standard InChI is InChI=1S/C12H14N2O2S/c1-3-11-13-12(16-14-11)8-17-10-6-4-5-9(7-10)15-2/h4-7H,3,8H2,1-2H3. The minimum Gasteiger partial charge on any atom is -0.497 e. The summed E-state index contributed by atoms with van der Waals surface area (Å²) in [7, 11) is 1.66. The summed E-state index contributed by atoms with van der Waals surface area (Å²) in [5.74, 6) is 2.95. The highest BCUT2D eigenvalue weighted by Crippen LogP contribution is 2.25. The fourth-order valence-electron chi connectivity index (χ4n) is 1.33. The fourth-order valence-corrected chi connectivity index (χ4v) is 2.11. The normalized spacial score (nSPS) is 10.5. The predicted octanol–water partition coefficient (Wildman–Crippen LogP) is 2.93. The highest BCUT2D eigenvalue weighted by Gasteiger charge is 2.05. The van der Waals surface area contributed by atoms with Crippen molar-refractivity contribution in [3.8, 4) is 5.75 Å². The lowest BCUT2D eigenvalue weighted by Crippen LogP contribution is -1.85. The summed E-state index contributed by atoms with van der Waals surface area (Å²) in [5.41, 5.74) is 0. The van der Waals surface area contributed by atoms with Gasteiger partial charge in [0, 0.05) is 11.3 Å². The molecule has 1 heterocycles. The maximum atomic E-state index is 5.16. The molecule has 0 fully saturated rings. The molecule has 5 heteroatoms. The molecular weight excluding hydrogens is 236 g/mol. The molecule has 0 aliphatic rings. The van der Waals surface area contributed by atoms with E-state index in [1.807, 2.05) is 31.2 Å². The van der Waals surface area contributed by atoms with Crippen LogP contribution in [0.5, 0.6) is 5.75 Å². The van der Waals surface area contributed by atoms with Crippen molar-refractivity contribution in [2.45, 2.75) is 24.0 Å². The Kier molecular flexibility index (Phi) is 4.03. The van der Waals surface area contributed by atoms with Crippen LogP contribution in [-0.2, 0) is 12.2 Å². The third-order valence-corrected chi connectivity index (χ3v) is 3.21. The van der Waals surface area contributed by atoms with Gasteiger partial charge in [-0.05, 0) is 18.2 Å². The first-order chi connectivity index (χ1) is 8.31. The van der Waals surface area contributed by atoms with Crippen LogP contribution in [0.1, 0.15) is 18.6 Å². The molecule has 90 valence electrons. The zero-order valence-corrected chi connectivity index (χ0v) is 10.7. The second-order valence-corrected chi connectivity index (χ2v) is 4.47. The topological polar surface area (TPSA) is 48.2 Å². The monoisotopic (exact) mass is 250 g/mol. The molecular formula is C12H14N2O2S. The van der Waals surface area contributed by atoms with Crippen molar-refractivity contribution in [3.05, 3.63) is 36.0 Å². The van der Waals surface area contributed by atoms with E-state index in [2.05, 4.69) is 10.1 Å². The summed E-state index contributed by atoms with van der Waals surface area (Å²) in [6.45, 7) is 2.00. The smallest absolute Gasteiger partial charge is 0.237 e. The zero-order chi connectivity index (χ0) is 12.1. The van der Waals surface area contributed by atoms with Crippen molar-refractivity contribution in [1.82, 2.24) is 10.1 Å². The summed E-state index contributed by atoms with van der Waals surface area (Å²) < 4.78 is 10.3. The Morgan fingerprint density at radius 1 is 1.41 bits per heavy atom.